The van der Waals surface area contributed by atoms with Crippen molar-refractivity contribution in [1.82, 2.24) is 4.98 Å². The van der Waals surface area contributed by atoms with Crippen molar-refractivity contribution in [2.45, 2.75) is 19.2 Å². The number of hydrogen-bond acceptors (Lipinski definition) is 3. The van der Waals surface area contributed by atoms with Gasteiger partial charge in [0, 0.05) is 11.0 Å². The number of rotatable bonds is 3. The number of esters is 1. The molecule has 0 bridgehead atoms. The van der Waals surface area contributed by atoms with Gasteiger partial charge in [0.2, 0.25) is 0 Å². The number of aryl methyl sites for hydroxylation is 2. The van der Waals surface area contributed by atoms with Crippen LogP contribution in [0, 0.1) is 13.8 Å². The Bertz CT molecular complexity index is 750. The van der Waals surface area contributed by atoms with Crippen LogP contribution >= 0.6 is 15.9 Å². The van der Waals surface area contributed by atoms with Gasteiger partial charge in [-0.2, -0.15) is 0 Å². The number of aromatic amines is 1. The van der Waals surface area contributed by atoms with Gasteiger partial charge in [0.1, 0.15) is 0 Å². The minimum Gasteiger partial charge on any atom is -0.465 e. The van der Waals surface area contributed by atoms with Gasteiger partial charge in [0.25, 0.3) is 5.56 Å². The summed E-state index contributed by atoms with van der Waals surface area (Å²) in [6.07, 6.45) is 0. The van der Waals surface area contributed by atoms with Gasteiger partial charge >= 0.3 is 5.97 Å². The van der Waals surface area contributed by atoms with E-state index in [1.807, 2.05) is 26.0 Å². The lowest BCUT2D eigenvalue weighted by Gasteiger charge is -2.12. The third-order valence-corrected chi connectivity index (χ3v) is 3.93. The van der Waals surface area contributed by atoms with Crippen LogP contribution in [0.2, 0.25) is 0 Å². The first-order valence-electron chi connectivity index (χ1n) is 6.46. The fourth-order valence-corrected chi connectivity index (χ4v) is 2.74. The number of alkyl halides is 1. The molecule has 0 spiro atoms. The van der Waals surface area contributed by atoms with E-state index < -0.39 is 5.97 Å². The number of methoxy groups -OCH3 is 1. The Morgan fingerprint density at radius 1 is 1.29 bits per heavy atom. The van der Waals surface area contributed by atoms with Crippen molar-refractivity contribution in [3.05, 3.63) is 57.0 Å². The van der Waals surface area contributed by atoms with Crippen molar-refractivity contribution in [2.24, 2.45) is 0 Å². The van der Waals surface area contributed by atoms with Crippen LogP contribution in [0.15, 0.2) is 29.1 Å². The molecule has 1 aromatic heterocycles. The fourth-order valence-electron chi connectivity index (χ4n) is 2.29. The smallest absolute Gasteiger partial charge is 0.337 e. The Labute approximate surface area is 131 Å². The van der Waals surface area contributed by atoms with Crippen LogP contribution in [0.5, 0.6) is 0 Å². The average molecular weight is 350 g/mol. The van der Waals surface area contributed by atoms with E-state index in [4.69, 9.17) is 4.74 Å². The van der Waals surface area contributed by atoms with Crippen molar-refractivity contribution in [1.29, 1.82) is 0 Å². The van der Waals surface area contributed by atoms with E-state index >= 15 is 0 Å². The van der Waals surface area contributed by atoms with E-state index in [2.05, 4.69) is 20.9 Å². The summed E-state index contributed by atoms with van der Waals surface area (Å²) in [6, 6.07) is 7.14. The number of H-pyrrole nitrogens is 1. The van der Waals surface area contributed by atoms with E-state index in [1.165, 1.54) is 7.11 Å². The average Bonchev–Trinajstić information content (AvgIpc) is 2.46. The highest BCUT2D eigenvalue weighted by atomic mass is 79.9. The Morgan fingerprint density at radius 3 is 2.62 bits per heavy atom. The molecule has 0 radical (unpaired) electrons. The van der Waals surface area contributed by atoms with E-state index in [1.54, 1.807) is 12.1 Å². The van der Waals surface area contributed by atoms with Crippen LogP contribution < -0.4 is 5.56 Å². The van der Waals surface area contributed by atoms with Crippen LogP contribution in [-0.4, -0.2) is 18.1 Å². The lowest BCUT2D eigenvalue weighted by Crippen LogP contribution is -2.14. The molecule has 0 aliphatic heterocycles. The number of pyridine rings is 1. The number of aromatic nitrogens is 1. The Morgan fingerprint density at radius 2 is 2.00 bits per heavy atom. The topological polar surface area (TPSA) is 59.2 Å². The maximum absolute atomic E-state index is 12.3. The molecular formula is C16H16BrNO3. The second-order valence-electron chi connectivity index (χ2n) is 4.84. The number of hydrogen-bond donors (Lipinski definition) is 1. The Balaban J connectivity index is 2.72. The summed E-state index contributed by atoms with van der Waals surface area (Å²) in [5.74, 6) is -0.416. The molecule has 1 heterocycles. The van der Waals surface area contributed by atoms with Gasteiger partial charge in [0.05, 0.1) is 18.2 Å². The summed E-state index contributed by atoms with van der Waals surface area (Å²) in [5, 5.41) is 0.564. The van der Waals surface area contributed by atoms with Crippen LogP contribution in [0.4, 0.5) is 0 Å². The maximum Gasteiger partial charge on any atom is 0.337 e. The molecule has 0 atom stereocenters. The zero-order chi connectivity index (χ0) is 15.6. The summed E-state index contributed by atoms with van der Waals surface area (Å²) in [6.45, 7) is 3.75. The molecule has 0 fully saturated rings. The lowest BCUT2D eigenvalue weighted by molar-refractivity contribution is 0.0601. The fraction of sp³-hybridized carbons (Fsp3) is 0.250. The van der Waals surface area contributed by atoms with Gasteiger partial charge in [0.15, 0.2) is 0 Å². The number of carbonyl (C=O) groups excluding carboxylic acids is 1. The summed E-state index contributed by atoms with van der Waals surface area (Å²) in [4.78, 5) is 26.8. The monoisotopic (exact) mass is 349 g/mol. The quantitative estimate of drug-likeness (QED) is 0.682. The van der Waals surface area contributed by atoms with Crippen molar-refractivity contribution < 1.29 is 9.53 Å². The summed E-state index contributed by atoms with van der Waals surface area (Å²) in [5.41, 5.74) is 4.23. The SMILES string of the molecule is COC(=O)c1ccc(C)c(-c2c(CBr)cc(C)[nH]c2=O)c1. The number of halogens is 1. The predicted octanol–water partition coefficient (Wildman–Crippen LogP) is 3.34. The highest BCUT2D eigenvalue weighted by molar-refractivity contribution is 9.08. The molecule has 0 saturated carbocycles. The first-order valence-corrected chi connectivity index (χ1v) is 7.58. The zero-order valence-corrected chi connectivity index (χ0v) is 13.7. The molecule has 4 nitrogen and oxygen atoms in total. The molecule has 21 heavy (non-hydrogen) atoms. The highest BCUT2D eigenvalue weighted by Gasteiger charge is 2.15. The summed E-state index contributed by atoms with van der Waals surface area (Å²) >= 11 is 3.42. The van der Waals surface area contributed by atoms with Crippen molar-refractivity contribution in [3.8, 4) is 11.1 Å². The van der Waals surface area contributed by atoms with Crippen molar-refractivity contribution >= 4 is 21.9 Å². The standard InChI is InChI=1S/C16H16BrNO3/c1-9-4-5-11(16(20)21-3)7-13(9)14-12(8-17)6-10(2)18-15(14)19/h4-7H,8H2,1-3H3,(H,18,19). The van der Waals surface area contributed by atoms with Gasteiger partial charge in [-0.05, 0) is 48.7 Å². The van der Waals surface area contributed by atoms with E-state index in [0.717, 1.165) is 22.4 Å². The zero-order valence-electron chi connectivity index (χ0n) is 12.1. The molecule has 0 unspecified atom stereocenters. The number of nitrogens with one attached hydrogen (secondary N) is 1. The number of benzene rings is 1. The third-order valence-electron chi connectivity index (χ3n) is 3.32. The minimum absolute atomic E-state index is 0.158. The molecule has 2 rings (SSSR count). The maximum atomic E-state index is 12.3. The van der Waals surface area contributed by atoms with Crippen molar-refractivity contribution in [3.63, 3.8) is 0 Å². The molecule has 1 aromatic carbocycles. The lowest BCUT2D eigenvalue weighted by atomic mass is 9.95. The summed E-state index contributed by atoms with van der Waals surface area (Å²) in [7, 11) is 1.34. The van der Waals surface area contributed by atoms with Gasteiger partial charge in [-0.25, -0.2) is 4.79 Å². The number of ether oxygens (including phenoxy) is 1. The Kier molecular flexibility index (Phi) is 4.63. The molecule has 0 aliphatic carbocycles. The molecule has 0 saturated heterocycles. The number of carbonyl (C=O) groups is 1. The normalized spacial score (nSPS) is 10.5. The van der Waals surface area contributed by atoms with Crippen molar-refractivity contribution in [2.75, 3.05) is 7.11 Å². The molecule has 0 aliphatic rings. The molecule has 5 heteroatoms. The van der Waals surface area contributed by atoms with E-state index in [0.29, 0.717) is 16.5 Å². The molecular weight excluding hydrogens is 334 g/mol. The second-order valence-corrected chi connectivity index (χ2v) is 5.40. The third kappa shape index (κ3) is 3.08. The van der Waals surface area contributed by atoms with Crippen LogP contribution in [0.25, 0.3) is 11.1 Å². The highest BCUT2D eigenvalue weighted by Crippen LogP contribution is 2.27. The first-order chi connectivity index (χ1) is 9.97. The molecule has 2 aromatic rings. The van der Waals surface area contributed by atoms with Gasteiger partial charge in [-0.15, -0.1) is 0 Å². The van der Waals surface area contributed by atoms with Gasteiger partial charge in [-0.1, -0.05) is 22.0 Å². The minimum atomic E-state index is -0.416. The van der Waals surface area contributed by atoms with Crippen LogP contribution in [-0.2, 0) is 10.1 Å². The van der Waals surface area contributed by atoms with Gasteiger partial charge in [-0.3, -0.25) is 4.79 Å². The molecule has 1 N–H and O–H groups in total. The van der Waals surface area contributed by atoms with Crippen LogP contribution in [0.1, 0.15) is 27.2 Å². The Hall–Kier alpha value is -1.88. The first kappa shape index (κ1) is 15.5. The van der Waals surface area contributed by atoms with E-state index in [9.17, 15) is 9.59 Å². The summed E-state index contributed by atoms with van der Waals surface area (Å²) < 4.78 is 4.74. The second kappa shape index (κ2) is 6.26. The largest absolute Gasteiger partial charge is 0.465 e. The molecule has 0 amide bonds. The van der Waals surface area contributed by atoms with Gasteiger partial charge < -0.3 is 9.72 Å². The molecule has 110 valence electrons. The predicted molar refractivity (Wildman–Crippen MR) is 85.9 cm³/mol. The van der Waals surface area contributed by atoms with Crippen LogP contribution in [0.3, 0.4) is 0 Å². The van der Waals surface area contributed by atoms with E-state index in [-0.39, 0.29) is 5.56 Å².